The van der Waals surface area contributed by atoms with Crippen LogP contribution in [0.5, 0.6) is 5.75 Å². The Labute approximate surface area is 112 Å². The van der Waals surface area contributed by atoms with Crippen molar-refractivity contribution in [1.29, 1.82) is 0 Å². The van der Waals surface area contributed by atoms with Crippen LogP contribution in [0.15, 0.2) is 48.5 Å². The molecule has 2 unspecified atom stereocenters. The smallest absolute Gasteiger partial charge is 0.123 e. The highest BCUT2D eigenvalue weighted by atomic mass is 19.1. The highest BCUT2D eigenvalue weighted by molar-refractivity contribution is 5.37. The number of halogens is 1. The highest BCUT2D eigenvalue weighted by Gasteiger charge is 2.27. The first-order chi connectivity index (χ1) is 9.22. The topological polar surface area (TPSA) is 35.2 Å². The Morgan fingerprint density at radius 1 is 1.16 bits per heavy atom. The van der Waals surface area contributed by atoms with E-state index in [1.807, 2.05) is 18.2 Å². The van der Waals surface area contributed by atoms with Crippen molar-refractivity contribution in [2.75, 3.05) is 0 Å². The van der Waals surface area contributed by atoms with Crippen molar-refractivity contribution >= 4 is 0 Å². The van der Waals surface area contributed by atoms with E-state index >= 15 is 0 Å². The van der Waals surface area contributed by atoms with Crippen molar-refractivity contribution in [3.63, 3.8) is 0 Å². The van der Waals surface area contributed by atoms with Gasteiger partial charge < -0.3 is 10.5 Å². The zero-order valence-electron chi connectivity index (χ0n) is 10.6. The van der Waals surface area contributed by atoms with Crippen molar-refractivity contribution in [3.05, 3.63) is 65.5 Å². The van der Waals surface area contributed by atoms with Crippen LogP contribution < -0.4 is 10.5 Å². The van der Waals surface area contributed by atoms with Crippen LogP contribution in [0.2, 0.25) is 0 Å². The van der Waals surface area contributed by atoms with Crippen molar-refractivity contribution in [2.45, 2.75) is 25.0 Å². The van der Waals surface area contributed by atoms with Gasteiger partial charge in [0, 0.05) is 12.5 Å². The van der Waals surface area contributed by atoms with Crippen molar-refractivity contribution in [1.82, 2.24) is 0 Å². The van der Waals surface area contributed by atoms with Gasteiger partial charge in [0.05, 0.1) is 0 Å². The summed E-state index contributed by atoms with van der Waals surface area (Å²) < 4.78 is 18.7. The molecule has 1 aliphatic rings. The Morgan fingerprint density at radius 2 is 1.89 bits per heavy atom. The quantitative estimate of drug-likeness (QED) is 0.917. The Hall–Kier alpha value is -1.87. The molecule has 0 saturated carbocycles. The zero-order chi connectivity index (χ0) is 13.2. The van der Waals surface area contributed by atoms with E-state index in [0.717, 1.165) is 17.7 Å². The first-order valence-electron chi connectivity index (χ1n) is 6.47. The van der Waals surface area contributed by atoms with Crippen LogP contribution in [0.1, 0.15) is 11.1 Å². The van der Waals surface area contributed by atoms with Crippen LogP contribution in [0.3, 0.4) is 0 Å². The molecule has 0 radical (unpaired) electrons. The predicted octanol–water partition coefficient (Wildman–Crippen LogP) is 2.70. The molecule has 3 rings (SSSR count). The fraction of sp³-hybridized carbons (Fsp3) is 0.250. The third-order valence-electron chi connectivity index (χ3n) is 3.53. The summed E-state index contributed by atoms with van der Waals surface area (Å²) >= 11 is 0. The lowest BCUT2D eigenvalue weighted by atomic mass is 9.99. The normalized spacial score (nSPS) is 18.7. The highest BCUT2D eigenvalue weighted by Crippen LogP contribution is 2.29. The molecule has 2 aromatic carbocycles. The van der Waals surface area contributed by atoms with Gasteiger partial charge in [-0.2, -0.15) is 0 Å². The number of fused-ring (bicyclic) bond motifs is 1. The van der Waals surface area contributed by atoms with Crippen LogP contribution in [-0.2, 0) is 12.8 Å². The van der Waals surface area contributed by atoms with Gasteiger partial charge in [-0.15, -0.1) is 0 Å². The maximum Gasteiger partial charge on any atom is 0.123 e. The van der Waals surface area contributed by atoms with Gasteiger partial charge in [-0.1, -0.05) is 30.3 Å². The molecule has 0 aliphatic carbocycles. The Balaban J connectivity index is 1.66. The van der Waals surface area contributed by atoms with E-state index in [2.05, 4.69) is 6.07 Å². The van der Waals surface area contributed by atoms with E-state index in [9.17, 15) is 4.39 Å². The first-order valence-corrected chi connectivity index (χ1v) is 6.47. The van der Waals surface area contributed by atoms with Gasteiger partial charge in [0.1, 0.15) is 17.7 Å². The average molecular weight is 257 g/mol. The van der Waals surface area contributed by atoms with Crippen molar-refractivity contribution < 1.29 is 9.13 Å². The Bertz CT molecular complexity index is 542. The molecule has 2 atom stereocenters. The van der Waals surface area contributed by atoms with Crippen LogP contribution in [0.25, 0.3) is 0 Å². The number of ether oxygens (including phenoxy) is 1. The van der Waals surface area contributed by atoms with Crippen LogP contribution in [-0.4, -0.2) is 12.1 Å². The largest absolute Gasteiger partial charge is 0.488 e. The van der Waals surface area contributed by atoms with Crippen LogP contribution >= 0.6 is 0 Å². The Kier molecular flexibility index (Phi) is 3.22. The molecule has 2 N–H and O–H groups in total. The first kappa shape index (κ1) is 12.2. The summed E-state index contributed by atoms with van der Waals surface area (Å²) in [4.78, 5) is 0. The minimum absolute atomic E-state index is 0.00227. The lowest BCUT2D eigenvalue weighted by molar-refractivity contribution is 0.198. The number of hydrogen-bond donors (Lipinski definition) is 1. The van der Waals surface area contributed by atoms with E-state index in [4.69, 9.17) is 10.5 Å². The summed E-state index contributed by atoms with van der Waals surface area (Å²) in [7, 11) is 0. The molecule has 2 aromatic rings. The van der Waals surface area contributed by atoms with Gasteiger partial charge in [0.2, 0.25) is 0 Å². The zero-order valence-corrected chi connectivity index (χ0v) is 10.6. The predicted molar refractivity (Wildman–Crippen MR) is 72.6 cm³/mol. The number of benzene rings is 2. The minimum atomic E-state index is -0.221. The molecule has 2 nitrogen and oxygen atoms in total. The molecule has 0 spiro atoms. The molecule has 19 heavy (non-hydrogen) atoms. The molecule has 3 heteroatoms. The van der Waals surface area contributed by atoms with E-state index in [-0.39, 0.29) is 18.0 Å². The van der Waals surface area contributed by atoms with Gasteiger partial charge >= 0.3 is 0 Å². The maximum absolute atomic E-state index is 12.8. The fourth-order valence-corrected chi connectivity index (χ4v) is 2.47. The maximum atomic E-state index is 12.8. The molecule has 0 amide bonds. The molecule has 0 bridgehead atoms. The van der Waals surface area contributed by atoms with Crippen molar-refractivity contribution in [3.8, 4) is 5.75 Å². The second kappa shape index (κ2) is 5.02. The van der Waals surface area contributed by atoms with Gasteiger partial charge in [0.25, 0.3) is 0 Å². The molecule has 1 aliphatic heterocycles. The molecule has 0 aromatic heterocycles. The Morgan fingerprint density at radius 3 is 2.63 bits per heavy atom. The summed E-state index contributed by atoms with van der Waals surface area (Å²) in [5.41, 5.74) is 8.46. The number of para-hydroxylation sites is 1. The summed E-state index contributed by atoms with van der Waals surface area (Å²) in [6, 6.07) is 14.4. The summed E-state index contributed by atoms with van der Waals surface area (Å²) in [5.74, 6) is 0.712. The number of hydrogen-bond acceptors (Lipinski definition) is 2. The average Bonchev–Trinajstić information content (AvgIpc) is 2.85. The molecule has 0 saturated heterocycles. The number of nitrogens with two attached hydrogens (primary N) is 1. The van der Waals surface area contributed by atoms with E-state index < -0.39 is 0 Å². The third-order valence-corrected chi connectivity index (χ3v) is 3.53. The van der Waals surface area contributed by atoms with Crippen molar-refractivity contribution in [2.24, 2.45) is 5.73 Å². The standard InChI is InChI=1S/C16H16FNO/c17-13-7-5-11(6-8-13)9-14(18)16-10-12-3-1-2-4-15(12)19-16/h1-8,14,16H,9-10,18H2. The van der Waals surface area contributed by atoms with Gasteiger partial charge in [-0.25, -0.2) is 4.39 Å². The van der Waals surface area contributed by atoms with E-state index in [0.29, 0.717) is 6.42 Å². The van der Waals surface area contributed by atoms with Crippen LogP contribution in [0, 0.1) is 5.82 Å². The molecule has 98 valence electrons. The second-order valence-electron chi connectivity index (χ2n) is 4.96. The lowest BCUT2D eigenvalue weighted by Crippen LogP contribution is -2.39. The monoisotopic (exact) mass is 257 g/mol. The van der Waals surface area contributed by atoms with E-state index in [1.54, 1.807) is 12.1 Å². The van der Waals surface area contributed by atoms with Gasteiger partial charge in [0.15, 0.2) is 0 Å². The number of rotatable bonds is 3. The van der Waals surface area contributed by atoms with Gasteiger partial charge in [-0.3, -0.25) is 0 Å². The fourth-order valence-electron chi connectivity index (χ4n) is 2.47. The van der Waals surface area contributed by atoms with Gasteiger partial charge in [-0.05, 0) is 35.7 Å². The molecule has 1 heterocycles. The molecular formula is C16H16FNO. The third kappa shape index (κ3) is 2.61. The lowest BCUT2D eigenvalue weighted by Gasteiger charge is -2.19. The second-order valence-corrected chi connectivity index (χ2v) is 4.96. The summed E-state index contributed by atoms with van der Waals surface area (Å²) in [6.45, 7) is 0. The summed E-state index contributed by atoms with van der Waals surface area (Å²) in [6.07, 6.45) is 1.54. The van der Waals surface area contributed by atoms with E-state index in [1.165, 1.54) is 17.7 Å². The molecule has 0 fully saturated rings. The van der Waals surface area contributed by atoms with Crippen LogP contribution in [0.4, 0.5) is 4.39 Å². The molecular weight excluding hydrogens is 241 g/mol. The SMILES string of the molecule is NC(Cc1ccc(F)cc1)C1Cc2ccccc2O1. The summed E-state index contributed by atoms with van der Waals surface area (Å²) in [5, 5.41) is 0. The minimum Gasteiger partial charge on any atom is -0.488 e.